The fraction of sp³-hybridized carbons (Fsp3) is 0.176. The zero-order valence-electron chi connectivity index (χ0n) is 13.6. The molecule has 0 radical (unpaired) electrons. The maximum atomic E-state index is 13.3. The molecule has 130 valence electrons. The van der Waals surface area contributed by atoms with Crippen LogP contribution in [0.25, 0.3) is 10.9 Å². The lowest BCUT2D eigenvalue weighted by Crippen LogP contribution is -2.18. The van der Waals surface area contributed by atoms with Gasteiger partial charge in [0.1, 0.15) is 18.0 Å². The molecule has 25 heavy (non-hydrogen) atoms. The Morgan fingerprint density at radius 1 is 1.16 bits per heavy atom. The maximum Gasteiger partial charge on any atom is 0.175 e. The molecular formula is C17H15BrFN3O2S. The summed E-state index contributed by atoms with van der Waals surface area (Å²) in [6.45, 7) is 0.468. The molecule has 0 spiro atoms. The summed E-state index contributed by atoms with van der Waals surface area (Å²) in [6.07, 6.45) is 2.60. The topological polar surface area (TPSA) is 63.2 Å². The zero-order chi connectivity index (χ0) is 18.2. The highest BCUT2D eigenvalue weighted by Crippen LogP contribution is 2.27. The molecular weight excluding hydrogens is 409 g/mol. The minimum Gasteiger partial charge on any atom is -0.355 e. The Morgan fingerprint density at radius 3 is 2.60 bits per heavy atom. The number of benzene rings is 2. The van der Waals surface area contributed by atoms with E-state index in [0.717, 1.165) is 11.8 Å². The molecule has 8 heteroatoms. The molecule has 0 aliphatic carbocycles. The van der Waals surface area contributed by atoms with E-state index in [-0.39, 0.29) is 10.7 Å². The molecule has 5 nitrogen and oxygen atoms in total. The molecule has 0 amide bonds. The second-order valence-corrected chi connectivity index (χ2v) is 8.61. The Balaban J connectivity index is 2.04. The first-order valence-corrected chi connectivity index (χ1v) is 10.0. The second-order valence-electron chi connectivity index (χ2n) is 5.74. The van der Waals surface area contributed by atoms with E-state index >= 15 is 0 Å². The van der Waals surface area contributed by atoms with Crippen molar-refractivity contribution in [3.63, 3.8) is 0 Å². The fourth-order valence-corrected chi connectivity index (χ4v) is 3.66. The number of hydrogen-bond acceptors (Lipinski definition) is 5. The number of anilines is 1. The van der Waals surface area contributed by atoms with Crippen molar-refractivity contribution in [3.05, 3.63) is 58.6 Å². The van der Waals surface area contributed by atoms with Gasteiger partial charge in [0, 0.05) is 29.7 Å². The van der Waals surface area contributed by atoms with Crippen LogP contribution in [0.5, 0.6) is 0 Å². The Morgan fingerprint density at radius 2 is 1.92 bits per heavy atom. The molecule has 0 aliphatic heterocycles. The van der Waals surface area contributed by atoms with Gasteiger partial charge in [-0.2, -0.15) is 0 Å². The summed E-state index contributed by atoms with van der Waals surface area (Å²) in [7, 11) is -1.49. The van der Waals surface area contributed by atoms with E-state index in [4.69, 9.17) is 0 Å². The molecule has 3 rings (SSSR count). The first kappa shape index (κ1) is 17.8. The minimum absolute atomic E-state index is 0.215. The van der Waals surface area contributed by atoms with E-state index in [1.54, 1.807) is 18.2 Å². The fourth-order valence-electron chi connectivity index (χ4n) is 2.54. The van der Waals surface area contributed by atoms with E-state index < -0.39 is 9.84 Å². The maximum absolute atomic E-state index is 13.3. The normalized spacial score (nSPS) is 11.7. The molecule has 3 aromatic rings. The van der Waals surface area contributed by atoms with Crippen LogP contribution in [-0.2, 0) is 16.4 Å². The van der Waals surface area contributed by atoms with Gasteiger partial charge in [-0.15, -0.1) is 0 Å². The van der Waals surface area contributed by atoms with Crippen molar-refractivity contribution in [1.82, 2.24) is 9.97 Å². The lowest BCUT2D eigenvalue weighted by molar-refractivity contribution is 0.602. The molecule has 2 aromatic carbocycles. The van der Waals surface area contributed by atoms with Crippen molar-refractivity contribution in [1.29, 1.82) is 0 Å². The summed E-state index contributed by atoms with van der Waals surface area (Å²) in [5.74, 6) is 0.287. The van der Waals surface area contributed by atoms with Crippen molar-refractivity contribution < 1.29 is 12.8 Å². The highest BCUT2D eigenvalue weighted by molar-refractivity contribution is 9.10. The molecule has 0 N–H and O–H groups in total. The average Bonchev–Trinajstić information content (AvgIpc) is 2.55. The molecule has 1 aromatic heterocycles. The Bertz CT molecular complexity index is 1060. The molecule has 0 atom stereocenters. The predicted octanol–water partition coefficient (Wildman–Crippen LogP) is 3.57. The van der Waals surface area contributed by atoms with Gasteiger partial charge in [0.05, 0.1) is 10.4 Å². The van der Waals surface area contributed by atoms with Gasteiger partial charge >= 0.3 is 0 Å². The van der Waals surface area contributed by atoms with Gasteiger partial charge in [0.25, 0.3) is 0 Å². The van der Waals surface area contributed by atoms with Crippen LogP contribution in [0, 0.1) is 5.82 Å². The number of hydrogen-bond donors (Lipinski definition) is 0. The third-order valence-electron chi connectivity index (χ3n) is 3.80. The quantitative estimate of drug-likeness (QED) is 0.641. The predicted molar refractivity (Wildman–Crippen MR) is 98.9 cm³/mol. The monoisotopic (exact) mass is 423 g/mol. The van der Waals surface area contributed by atoms with Crippen LogP contribution in [0.15, 0.2) is 52.1 Å². The van der Waals surface area contributed by atoms with Gasteiger partial charge in [-0.3, -0.25) is 0 Å². The highest BCUT2D eigenvalue weighted by Gasteiger charge is 2.14. The van der Waals surface area contributed by atoms with Crippen LogP contribution in [0.2, 0.25) is 0 Å². The van der Waals surface area contributed by atoms with Gasteiger partial charge in [-0.1, -0.05) is 22.0 Å². The van der Waals surface area contributed by atoms with Gasteiger partial charge in [-0.25, -0.2) is 22.8 Å². The standard InChI is InChI=1S/C17H15BrFN3O2S/c1-22(9-11-3-4-12(19)7-15(11)18)17-14-8-13(25(2,23)24)5-6-16(14)20-10-21-17/h3-8,10H,9H2,1-2H3. The molecule has 0 bridgehead atoms. The minimum atomic E-state index is -3.33. The van der Waals surface area contributed by atoms with Crippen LogP contribution in [0.4, 0.5) is 10.2 Å². The Labute approximate surface area is 153 Å². The molecule has 0 saturated heterocycles. The zero-order valence-corrected chi connectivity index (χ0v) is 16.0. The van der Waals surface area contributed by atoms with E-state index in [0.29, 0.717) is 27.7 Å². The van der Waals surface area contributed by atoms with E-state index in [1.807, 2.05) is 11.9 Å². The third-order valence-corrected chi connectivity index (χ3v) is 5.65. The van der Waals surface area contributed by atoms with Crippen molar-refractivity contribution >= 4 is 42.5 Å². The van der Waals surface area contributed by atoms with Crippen LogP contribution >= 0.6 is 15.9 Å². The van der Waals surface area contributed by atoms with Gasteiger partial charge in [0.2, 0.25) is 0 Å². The van der Waals surface area contributed by atoms with E-state index in [2.05, 4.69) is 25.9 Å². The number of aromatic nitrogens is 2. The van der Waals surface area contributed by atoms with Crippen LogP contribution in [0.1, 0.15) is 5.56 Å². The van der Waals surface area contributed by atoms with E-state index in [1.165, 1.54) is 24.5 Å². The molecule has 1 heterocycles. The summed E-state index contributed by atoms with van der Waals surface area (Å²) >= 11 is 3.36. The molecule has 0 unspecified atom stereocenters. The van der Waals surface area contributed by atoms with Gasteiger partial charge < -0.3 is 4.90 Å². The number of halogens is 2. The number of sulfone groups is 1. The largest absolute Gasteiger partial charge is 0.355 e. The van der Waals surface area contributed by atoms with E-state index in [9.17, 15) is 12.8 Å². The lowest BCUT2D eigenvalue weighted by Gasteiger charge is -2.20. The molecule has 0 aliphatic rings. The summed E-state index contributed by atoms with van der Waals surface area (Å²) in [6, 6.07) is 9.28. The van der Waals surface area contributed by atoms with Gasteiger partial charge in [-0.05, 0) is 35.9 Å². The van der Waals surface area contributed by atoms with Crippen molar-refractivity contribution in [2.45, 2.75) is 11.4 Å². The number of rotatable bonds is 4. The van der Waals surface area contributed by atoms with Crippen molar-refractivity contribution in [2.75, 3.05) is 18.2 Å². The van der Waals surface area contributed by atoms with Crippen molar-refractivity contribution in [2.24, 2.45) is 0 Å². The van der Waals surface area contributed by atoms with Crippen LogP contribution in [0.3, 0.4) is 0 Å². The summed E-state index contributed by atoms with van der Waals surface area (Å²) in [5.41, 5.74) is 1.54. The van der Waals surface area contributed by atoms with Crippen LogP contribution in [-0.4, -0.2) is 31.7 Å². The number of nitrogens with zero attached hydrogens (tertiary/aromatic N) is 3. The summed E-state index contributed by atoms with van der Waals surface area (Å²) < 4.78 is 37.6. The van der Waals surface area contributed by atoms with Crippen molar-refractivity contribution in [3.8, 4) is 0 Å². The first-order chi connectivity index (χ1) is 11.8. The van der Waals surface area contributed by atoms with Gasteiger partial charge in [0.15, 0.2) is 9.84 Å². The van der Waals surface area contributed by atoms with Crippen LogP contribution < -0.4 is 4.90 Å². The molecule has 0 saturated carbocycles. The third kappa shape index (κ3) is 3.80. The second kappa shape index (κ2) is 6.68. The average molecular weight is 424 g/mol. The highest BCUT2D eigenvalue weighted by atomic mass is 79.9. The smallest absolute Gasteiger partial charge is 0.175 e. The lowest BCUT2D eigenvalue weighted by atomic mass is 10.2. The summed E-state index contributed by atoms with van der Waals surface area (Å²) in [5, 5.41) is 0.645. The SMILES string of the molecule is CN(Cc1ccc(F)cc1Br)c1ncnc2ccc(S(C)(=O)=O)cc12. The Hall–Kier alpha value is -2.06. The first-order valence-electron chi connectivity index (χ1n) is 7.35. The number of fused-ring (bicyclic) bond motifs is 1. The Kier molecular flexibility index (Phi) is 4.75. The molecule has 0 fully saturated rings. The summed E-state index contributed by atoms with van der Waals surface area (Å²) in [4.78, 5) is 10.6.